The quantitative estimate of drug-likeness (QED) is 0.644. The third kappa shape index (κ3) is 1.69. The summed E-state index contributed by atoms with van der Waals surface area (Å²) in [6.07, 6.45) is 6.18. The van der Waals surface area contributed by atoms with Gasteiger partial charge in [-0.15, -0.1) is 0 Å². The first kappa shape index (κ1) is 16.4. The molecule has 0 radical (unpaired) electrons. The number of amides is 1. The molecule has 1 aromatic heterocycles. The van der Waals surface area contributed by atoms with E-state index in [1.165, 1.54) is 7.11 Å². The molecule has 2 aromatic rings. The molecule has 1 spiro atoms. The number of aromatic amines is 1. The fourth-order valence-electron chi connectivity index (χ4n) is 5.98. The molecule has 1 aromatic carbocycles. The molecule has 0 saturated carbocycles. The van der Waals surface area contributed by atoms with Crippen LogP contribution in [0, 0.1) is 5.92 Å². The Morgan fingerprint density at radius 3 is 2.96 bits per heavy atom. The number of fused-ring (bicyclic) bond motifs is 6. The molecule has 4 aliphatic rings. The lowest BCUT2D eigenvalue weighted by Gasteiger charge is -2.40. The van der Waals surface area contributed by atoms with Gasteiger partial charge in [0.15, 0.2) is 0 Å². The van der Waals surface area contributed by atoms with Crippen molar-refractivity contribution in [2.45, 2.75) is 49.5 Å². The molecule has 1 amide bonds. The maximum Gasteiger partial charge on any atom is 0.328 e. The Bertz CT molecular complexity index is 1070. The monoisotopic (exact) mass is 378 g/mol. The minimum atomic E-state index is -0.713. The van der Waals surface area contributed by atoms with Gasteiger partial charge in [0.25, 0.3) is 0 Å². The van der Waals surface area contributed by atoms with Crippen LogP contribution in [0.25, 0.3) is 10.9 Å². The zero-order valence-electron chi connectivity index (χ0n) is 15.9. The van der Waals surface area contributed by atoms with Crippen LogP contribution in [0.4, 0.5) is 0 Å². The Morgan fingerprint density at radius 2 is 2.18 bits per heavy atom. The van der Waals surface area contributed by atoms with E-state index in [4.69, 9.17) is 9.47 Å². The van der Waals surface area contributed by atoms with Crippen LogP contribution in [0.15, 0.2) is 36.4 Å². The minimum Gasteiger partial charge on any atom is -0.467 e. The normalized spacial score (nSPS) is 37.3. The van der Waals surface area contributed by atoms with E-state index < -0.39 is 11.6 Å². The summed E-state index contributed by atoms with van der Waals surface area (Å²) >= 11 is 0. The number of carbonyl (C=O) groups excluding carboxylic acids is 2. The van der Waals surface area contributed by atoms with E-state index in [1.54, 1.807) is 4.90 Å². The van der Waals surface area contributed by atoms with E-state index in [1.807, 2.05) is 18.2 Å². The summed E-state index contributed by atoms with van der Waals surface area (Å²) in [6, 6.07) is 7.13. The molecule has 5 heterocycles. The number of esters is 1. The summed E-state index contributed by atoms with van der Waals surface area (Å²) in [5.41, 5.74) is 2.03. The molecular weight excluding hydrogens is 356 g/mol. The van der Waals surface area contributed by atoms with Gasteiger partial charge in [0, 0.05) is 23.0 Å². The SMILES string of the molecule is CCC12C=CC3(O1)C(C2)C(=O)N1C(C(=O)OC)Cc2c([nH]c4ccccc24)C13. The number of ether oxygens (including phenoxy) is 2. The molecular formula is C22H22N2O4. The number of rotatable bonds is 2. The second-order valence-electron chi connectivity index (χ2n) is 8.42. The first-order valence-corrected chi connectivity index (χ1v) is 9.93. The van der Waals surface area contributed by atoms with Gasteiger partial charge in [-0.1, -0.05) is 37.3 Å². The molecule has 4 aliphatic heterocycles. The molecule has 5 atom stereocenters. The molecule has 144 valence electrons. The topological polar surface area (TPSA) is 71.6 Å². The van der Waals surface area contributed by atoms with Gasteiger partial charge in [0.05, 0.1) is 18.6 Å². The third-order valence-corrected chi connectivity index (χ3v) is 7.31. The largest absolute Gasteiger partial charge is 0.467 e. The maximum atomic E-state index is 13.5. The fourth-order valence-corrected chi connectivity index (χ4v) is 5.98. The molecule has 6 nitrogen and oxygen atoms in total. The molecule has 2 fully saturated rings. The van der Waals surface area contributed by atoms with Gasteiger partial charge >= 0.3 is 5.97 Å². The number of methoxy groups -OCH3 is 1. The van der Waals surface area contributed by atoms with Crippen molar-refractivity contribution < 1.29 is 19.1 Å². The fraction of sp³-hybridized carbons (Fsp3) is 0.455. The molecule has 6 heteroatoms. The van der Waals surface area contributed by atoms with Gasteiger partial charge in [-0.25, -0.2) is 4.79 Å². The van der Waals surface area contributed by atoms with Gasteiger partial charge in [-0.3, -0.25) is 4.79 Å². The number of nitrogens with one attached hydrogen (secondary N) is 1. The molecule has 6 rings (SSSR count). The summed E-state index contributed by atoms with van der Waals surface area (Å²) in [7, 11) is 1.38. The summed E-state index contributed by atoms with van der Waals surface area (Å²) in [4.78, 5) is 31.5. The van der Waals surface area contributed by atoms with E-state index in [2.05, 4.69) is 30.1 Å². The highest BCUT2D eigenvalue weighted by molar-refractivity contribution is 5.94. The van der Waals surface area contributed by atoms with Crippen molar-refractivity contribution in [1.82, 2.24) is 9.88 Å². The first-order chi connectivity index (χ1) is 13.5. The highest BCUT2D eigenvalue weighted by atomic mass is 16.5. The van der Waals surface area contributed by atoms with Crippen molar-refractivity contribution in [3.8, 4) is 0 Å². The number of hydrogen-bond acceptors (Lipinski definition) is 4. The van der Waals surface area contributed by atoms with Gasteiger partial charge in [0.2, 0.25) is 5.91 Å². The Hall–Kier alpha value is -2.60. The summed E-state index contributed by atoms with van der Waals surface area (Å²) in [5, 5.41) is 1.10. The molecule has 0 aliphatic carbocycles. The standard InChI is InChI=1S/C22H22N2O4/c1-3-21-8-9-22(28-21)14(11-21)19(25)24-16(20(26)27-2)10-13-12-6-4-5-7-15(12)23-17(13)18(22)24/h4-9,14,16,18,23H,3,10-11H2,1-2H3. The molecule has 28 heavy (non-hydrogen) atoms. The van der Waals surface area contributed by atoms with Crippen molar-refractivity contribution >= 4 is 22.8 Å². The van der Waals surface area contributed by atoms with Gasteiger partial charge < -0.3 is 19.4 Å². The predicted octanol–water partition coefficient (Wildman–Crippen LogP) is 2.64. The smallest absolute Gasteiger partial charge is 0.328 e. The number of carbonyl (C=O) groups is 2. The minimum absolute atomic E-state index is 0.00406. The van der Waals surface area contributed by atoms with Crippen LogP contribution in [0.5, 0.6) is 0 Å². The predicted molar refractivity (Wildman–Crippen MR) is 101 cm³/mol. The van der Waals surface area contributed by atoms with Crippen LogP contribution in [-0.2, 0) is 25.5 Å². The number of aromatic nitrogens is 1. The van der Waals surface area contributed by atoms with Crippen molar-refractivity contribution in [2.75, 3.05) is 7.11 Å². The maximum absolute atomic E-state index is 13.5. The van der Waals surface area contributed by atoms with E-state index in [9.17, 15) is 9.59 Å². The summed E-state index contributed by atoms with van der Waals surface area (Å²) < 4.78 is 11.7. The Balaban J connectivity index is 1.60. The number of para-hydroxylation sites is 1. The van der Waals surface area contributed by atoms with Crippen molar-refractivity contribution in [3.05, 3.63) is 47.7 Å². The van der Waals surface area contributed by atoms with Crippen LogP contribution >= 0.6 is 0 Å². The van der Waals surface area contributed by atoms with Crippen LogP contribution in [0.1, 0.15) is 37.1 Å². The van der Waals surface area contributed by atoms with Gasteiger partial charge in [-0.2, -0.15) is 0 Å². The van der Waals surface area contributed by atoms with Crippen molar-refractivity contribution in [1.29, 1.82) is 0 Å². The van der Waals surface area contributed by atoms with Crippen molar-refractivity contribution in [2.24, 2.45) is 5.92 Å². The zero-order valence-corrected chi connectivity index (χ0v) is 15.9. The van der Waals surface area contributed by atoms with Crippen LogP contribution < -0.4 is 0 Å². The molecule has 2 saturated heterocycles. The second kappa shape index (κ2) is 5.06. The van der Waals surface area contributed by atoms with Crippen LogP contribution in [0.3, 0.4) is 0 Å². The van der Waals surface area contributed by atoms with Crippen LogP contribution in [0.2, 0.25) is 0 Å². The zero-order chi connectivity index (χ0) is 19.3. The molecule has 1 N–H and O–H groups in total. The first-order valence-electron chi connectivity index (χ1n) is 9.93. The lowest BCUT2D eigenvalue weighted by molar-refractivity contribution is -0.155. The lowest BCUT2D eigenvalue weighted by atomic mass is 9.76. The van der Waals surface area contributed by atoms with E-state index in [-0.39, 0.29) is 29.4 Å². The number of hydrogen-bond donors (Lipinski definition) is 1. The highest BCUT2D eigenvalue weighted by Gasteiger charge is 2.72. The summed E-state index contributed by atoms with van der Waals surface area (Å²) in [5.74, 6) is -0.620. The van der Waals surface area contributed by atoms with Crippen molar-refractivity contribution in [3.63, 3.8) is 0 Å². The Kier molecular flexibility index (Phi) is 2.96. The van der Waals surface area contributed by atoms with E-state index >= 15 is 0 Å². The van der Waals surface area contributed by atoms with Gasteiger partial charge in [0.1, 0.15) is 17.7 Å². The Labute approximate surface area is 162 Å². The number of benzene rings is 1. The molecule has 5 unspecified atom stereocenters. The number of nitrogens with zero attached hydrogens (tertiary/aromatic N) is 1. The third-order valence-electron chi connectivity index (χ3n) is 7.31. The second-order valence-corrected chi connectivity index (χ2v) is 8.42. The Morgan fingerprint density at radius 1 is 1.36 bits per heavy atom. The van der Waals surface area contributed by atoms with E-state index in [0.29, 0.717) is 12.8 Å². The average molecular weight is 378 g/mol. The van der Waals surface area contributed by atoms with E-state index in [0.717, 1.165) is 28.6 Å². The van der Waals surface area contributed by atoms with Crippen LogP contribution in [-0.4, -0.2) is 46.1 Å². The lowest BCUT2D eigenvalue weighted by Crippen LogP contribution is -2.51. The average Bonchev–Trinajstić information content (AvgIpc) is 3.44. The summed E-state index contributed by atoms with van der Waals surface area (Å²) in [6.45, 7) is 2.10. The van der Waals surface area contributed by atoms with Gasteiger partial charge in [-0.05, 0) is 24.5 Å². The number of H-pyrrole nitrogens is 1. The molecule has 2 bridgehead atoms. The highest BCUT2D eigenvalue weighted by Crippen LogP contribution is 2.63.